The topological polar surface area (TPSA) is 72.5 Å². The molecular weight excluding hydrogens is 229 g/mol. The van der Waals surface area contributed by atoms with Crippen LogP contribution in [0.1, 0.15) is 6.92 Å². The maximum Gasteiger partial charge on any atom is 0.490 e. The van der Waals surface area contributed by atoms with Crippen LogP contribution >= 0.6 is 0 Å². The second-order valence-corrected chi connectivity index (χ2v) is 2.37. The molecule has 4 nitrogen and oxygen atoms in total. The van der Waals surface area contributed by atoms with Gasteiger partial charge in [-0.2, -0.15) is 22.0 Å². The van der Waals surface area contributed by atoms with E-state index in [1.54, 1.807) is 6.92 Å². The third-order valence-electron chi connectivity index (χ3n) is 0.728. The highest BCUT2D eigenvalue weighted by atomic mass is 19.4. The molecule has 0 saturated carbocycles. The zero-order chi connectivity index (χ0) is 12.6. The van der Waals surface area contributed by atoms with Crippen molar-refractivity contribution in [2.75, 3.05) is 6.61 Å². The summed E-state index contributed by atoms with van der Waals surface area (Å²) in [4.78, 5) is 8.90. The summed E-state index contributed by atoms with van der Waals surface area (Å²) in [6, 6.07) is -0.316. The van der Waals surface area contributed by atoms with Gasteiger partial charge in [-0.3, -0.25) is 0 Å². The summed E-state index contributed by atoms with van der Waals surface area (Å²) in [6.45, 7) is -1.18. The minimum atomic E-state index is -5.08. The Morgan fingerprint density at radius 3 is 1.87 bits per heavy atom. The summed E-state index contributed by atoms with van der Waals surface area (Å²) in [6.07, 6.45) is -5.08. The number of hydrogen-bond donors (Lipinski definition) is 2. The summed E-state index contributed by atoms with van der Waals surface area (Å²) in [5, 5.41) is 7.12. The average molecular weight is 239 g/mol. The first kappa shape index (κ1) is 16.5. The minimum absolute atomic E-state index is 0.0856. The van der Waals surface area contributed by atoms with Crippen LogP contribution < -0.4 is 5.73 Å². The van der Waals surface area contributed by atoms with E-state index in [1.807, 2.05) is 0 Å². The molecule has 15 heavy (non-hydrogen) atoms. The van der Waals surface area contributed by atoms with Crippen molar-refractivity contribution in [2.45, 2.75) is 25.8 Å². The summed E-state index contributed by atoms with van der Waals surface area (Å²) < 4.78 is 57.8. The molecule has 0 saturated heterocycles. The molecule has 0 aliphatic heterocycles. The molecule has 0 aliphatic carbocycles. The molecule has 0 fully saturated rings. The van der Waals surface area contributed by atoms with Crippen LogP contribution in [0.4, 0.5) is 22.0 Å². The van der Waals surface area contributed by atoms with Crippen LogP contribution in [0.15, 0.2) is 0 Å². The maximum atomic E-state index is 11.1. The van der Waals surface area contributed by atoms with Crippen molar-refractivity contribution >= 4 is 5.97 Å². The zero-order valence-electron chi connectivity index (χ0n) is 7.59. The van der Waals surface area contributed by atoms with Crippen LogP contribution in [0.25, 0.3) is 0 Å². The van der Waals surface area contributed by atoms with Crippen LogP contribution in [-0.2, 0) is 9.53 Å². The molecule has 3 N–H and O–H groups in total. The number of ether oxygens (including phenoxy) is 1. The number of hydrogen-bond acceptors (Lipinski definition) is 3. The van der Waals surface area contributed by atoms with Gasteiger partial charge in [0.05, 0.1) is 6.61 Å². The second kappa shape index (κ2) is 7.35. The molecule has 0 aromatic rings. The Hall–Kier alpha value is -0.960. The summed E-state index contributed by atoms with van der Waals surface area (Å²) in [5.74, 6) is -2.76. The fourth-order valence-corrected chi connectivity index (χ4v) is 0.225. The predicted molar refractivity (Wildman–Crippen MR) is 39.3 cm³/mol. The van der Waals surface area contributed by atoms with E-state index < -0.39 is 18.8 Å². The number of carbonyl (C=O) groups is 1. The first-order valence-corrected chi connectivity index (χ1v) is 3.52. The normalized spacial score (nSPS) is 13.1. The molecular formula is C6H10F5NO3. The van der Waals surface area contributed by atoms with Crippen molar-refractivity contribution in [3.8, 4) is 0 Å². The van der Waals surface area contributed by atoms with Gasteiger partial charge in [-0.1, -0.05) is 0 Å². The first-order valence-electron chi connectivity index (χ1n) is 3.52. The third-order valence-corrected chi connectivity index (χ3v) is 0.728. The van der Waals surface area contributed by atoms with Gasteiger partial charge in [0.2, 0.25) is 0 Å². The summed E-state index contributed by atoms with van der Waals surface area (Å²) in [5.41, 5.74) is 5.08. The molecule has 0 amide bonds. The Bertz CT molecular complexity index is 174. The number of carboxylic acids is 1. The summed E-state index contributed by atoms with van der Waals surface area (Å²) >= 11 is 0. The van der Waals surface area contributed by atoms with Gasteiger partial charge >= 0.3 is 18.8 Å². The smallest absolute Gasteiger partial charge is 0.475 e. The van der Waals surface area contributed by atoms with Gasteiger partial charge in [0.1, 0.15) is 0 Å². The lowest BCUT2D eigenvalue weighted by molar-refractivity contribution is -0.192. The maximum absolute atomic E-state index is 11.1. The number of carboxylic acid groups (broad SMARTS) is 1. The molecule has 0 bridgehead atoms. The lowest BCUT2D eigenvalue weighted by Crippen LogP contribution is -2.23. The highest BCUT2D eigenvalue weighted by Crippen LogP contribution is 2.13. The lowest BCUT2D eigenvalue weighted by atomic mass is 10.4. The molecule has 0 unspecified atom stereocenters. The predicted octanol–water partition coefficient (Wildman–Crippen LogP) is 1.21. The molecule has 0 rings (SSSR count). The van der Waals surface area contributed by atoms with Crippen molar-refractivity contribution in [3.63, 3.8) is 0 Å². The molecule has 0 radical (unpaired) electrons. The molecule has 0 aromatic heterocycles. The average Bonchev–Trinajstić information content (AvgIpc) is 2.00. The molecule has 0 heterocycles. The highest BCUT2D eigenvalue weighted by molar-refractivity contribution is 5.73. The van der Waals surface area contributed by atoms with E-state index in [1.165, 1.54) is 0 Å². The fourth-order valence-electron chi connectivity index (χ4n) is 0.225. The van der Waals surface area contributed by atoms with E-state index in [9.17, 15) is 22.0 Å². The van der Waals surface area contributed by atoms with Crippen LogP contribution in [0.3, 0.4) is 0 Å². The van der Waals surface area contributed by atoms with Crippen LogP contribution in [-0.4, -0.2) is 36.5 Å². The first-order chi connectivity index (χ1) is 6.57. The van der Waals surface area contributed by atoms with E-state index in [0.717, 1.165) is 0 Å². The van der Waals surface area contributed by atoms with Crippen LogP contribution in [0.5, 0.6) is 0 Å². The summed E-state index contributed by atoms with van der Waals surface area (Å²) in [7, 11) is 0. The van der Waals surface area contributed by atoms with Crippen molar-refractivity contribution in [2.24, 2.45) is 5.73 Å². The van der Waals surface area contributed by atoms with Gasteiger partial charge in [-0.25, -0.2) is 4.79 Å². The van der Waals surface area contributed by atoms with Gasteiger partial charge in [-0.15, -0.1) is 0 Å². The van der Waals surface area contributed by atoms with E-state index in [-0.39, 0.29) is 12.6 Å². The van der Waals surface area contributed by atoms with Gasteiger partial charge in [0, 0.05) is 6.04 Å². The molecule has 0 spiro atoms. The Kier molecular flexibility index (Phi) is 8.07. The number of nitrogens with two attached hydrogens (primary N) is 1. The van der Waals surface area contributed by atoms with Crippen molar-refractivity contribution in [3.05, 3.63) is 0 Å². The number of aliphatic carboxylic acids is 1. The monoisotopic (exact) mass is 239 g/mol. The van der Waals surface area contributed by atoms with E-state index >= 15 is 0 Å². The van der Waals surface area contributed by atoms with Gasteiger partial charge < -0.3 is 15.6 Å². The largest absolute Gasteiger partial charge is 0.490 e. The molecule has 1 atom stereocenters. The molecule has 0 aliphatic rings. The van der Waals surface area contributed by atoms with Crippen LogP contribution in [0, 0.1) is 0 Å². The minimum Gasteiger partial charge on any atom is -0.475 e. The molecule has 9 heteroatoms. The number of alkyl halides is 5. The zero-order valence-corrected chi connectivity index (χ0v) is 7.59. The second-order valence-electron chi connectivity index (χ2n) is 2.37. The number of halogens is 5. The van der Waals surface area contributed by atoms with Crippen molar-refractivity contribution in [1.29, 1.82) is 0 Å². The quantitative estimate of drug-likeness (QED) is 0.726. The van der Waals surface area contributed by atoms with Crippen molar-refractivity contribution in [1.82, 2.24) is 0 Å². The molecule has 0 aromatic carbocycles. The van der Waals surface area contributed by atoms with Crippen LogP contribution in [0.2, 0.25) is 0 Å². The highest BCUT2D eigenvalue weighted by Gasteiger charge is 2.38. The van der Waals surface area contributed by atoms with Gasteiger partial charge in [0.15, 0.2) is 0 Å². The number of rotatable bonds is 3. The van der Waals surface area contributed by atoms with Gasteiger partial charge in [-0.05, 0) is 6.92 Å². The van der Waals surface area contributed by atoms with E-state index in [0.29, 0.717) is 0 Å². The standard InChI is InChI=1S/C4H9F2NO.C2HF3O2/c1-3(7)2-8-4(5)6;3-2(4,5)1(6)7/h3-4H,2,7H2,1H3;(H,6,7)/t3-;/m0./s1. The Morgan fingerprint density at radius 1 is 1.47 bits per heavy atom. The van der Waals surface area contributed by atoms with E-state index in [4.69, 9.17) is 15.6 Å². The van der Waals surface area contributed by atoms with Crippen molar-refractivity contribution < 1.29 is 36.6 Å². The third kappa shape index (κ3) is 15.8. The Morgan fingerprint density at radius 2 is 1.80 bits per heavy atom. The SMILES string of the molecule is C[C@H](N)COC(F)F.O=C(O)C(F)(F)F. The van der Waals surface area contributed by atoms with Gasteiger partial charge in [0.25, 0.3) is 0 Å². The lowest BCUT2D eigenvalue weighted by Gasteiger charge is -2.03. The Balaban J connectivity index is 0. The van der Waals surface area contributed by atoms with E-state index in [2.05, 4.69) is 4.74 Å². The molecule has 92 valence electrons. The fraction of sp³-hybridized carbons (Fsp3) is 0.833. The Labute approximate surface area is 81.8 Å².